The first-order valence-electron chi connectivity index (χ1n) is 6.30. The summed E-state index contributed by atoms with van der Waals surface area (Å²) in [7, 11) is 0. The minimum Gasteiger partial charge on any atom is -0.508 e. The Kier molecular flexibility index (Phi) is 4.00. The molecule has 1 saturated carbocycles. The Morgan fingerprint density at radius 3 is 2.59 bits per heavy atom. The molecule has 0 amide bonds. The molecule has 0 unspecified atom stereocenters. The standard InChI is InChI=1S/C14H21NOS/c1-17-12-7-5-6-11(16)13(12)14(10-15)8-3-2-4-9-14/h5-7,16H,2-4,8-10,15H2,1H3. The molecule has 0 spiro atoms. The molecular weight excluding hydrogens is 230 g/mol. The molecule has 1 fully saturated rings. The minimum absolute atomic E-state index is 0.00192. The van der Waals surface area contributed by atoms with Crippen LogP contribution in [0, 0.1) is 0 Å². The molecule has 1 aromatic rings. The molecule has 1 aliphatic carbocycles. The van der Waals surface area contributed by atoms with Gasteiger partial charge in [-0.3, -0.25) is 0 Å². The predicted molar refractivity (Wildman–Crippen MR) is 73.7 cm³/mol. The van der Waals surface area contributed by atoms with E-state index in [-0.39, 0.29) is 5.41 Å². The molecule has 0 radical (unpaired) electrons. The Balaban J connectivity index is 2.49. The highest BCUT2D eigenvalue weighted by Crippen LogP contribution is 2.45. The minimum atomic E-state index is 0.00192. The van der Waals surface area contributed by atoms with Crippen LogP contribution < -0.4 is 5.73 Å². The van der Waals surface area contributed by atoms with E-state index in [0.29, 0.717) is 12.3 Å². The Hall–Kier alpha value is -0.670. The third kappa shape index (κ3) is 2.31. The highest BCUT2D eigenvalue weighted by molar-refractivity contribution is 7.98. The smallest absolute Gasteiger partial charge is 0.120 e. The van der Waals surface area contributed by atoms with E-state index in [0.717, 1.165) is 18.4 Å². The van der Waals surface area contributed by atoms with Crippen LogP contribution in [0.1, 0.15) is 37.7 Å². The van der Waals surface area contributed by atoms with Crippen molar-refractivity contribution in [2.75, 3.05) is 12.8 Å². The van der Waals surface area contributed by atoms with Gasteiger partial charge in [0.2, 0.25) is 0 Å². The molecule has 0 atom stereocenters. The number of thioether (sulfide) groups is 1. The fraction of sp³-hybridized carbons (Fsp3) is 0.571. The quantitative estimate of drug-likeness (QED) is 0.810. The van der Waals surface area contributed by atoms with Crippen molar-refractivity contribution in [3.05, 3.63) is 23.8 Å². The first kappa shape index (κ1) is 12.8. The van der Waals surface area contributed by atoms with Crippen LogP contribution in [-0.4, -0.2) is 17.9 Å². The van der Waals surface area contributed by atoms with Gasteiger partial charge in [0.1, 0.15) is 5.75 Å². The Labute approximate surface area is 108 Å². The van der Waals surface area contributed by atoms with E-state index in [1.165, 1.54) is 24.2 Å². The Morgan fingerprint density at radius 1 is 1.29 bits per heavy atom. The number of hydrogen-bond donors (Lipinski definition) is 2. The van der Waals surface area contributed by atoms with E-state index in [1.807, 2.05) is 6.07 Å². The Morgan fingerprint density at radius 2 is 2.00 bits per heavy atom. The van der Waals surface area contributed by atoms with Crippen LogP contribution in [0.3, 0.4) is 0 Å². The second kappa shape index (κ2) is 5.32. The van der Waals surface area contributed by atoms with E-state index < -0.39 is 0 Å². The van der Waals surface area contributed by atoms with E-state index in [4.69, 9.17) is 5.73 Å². The van der Waals surface area contributed by atoms with Gasteiger partial charge >= 0.3 is 0 Å². The molecule has 17 heavy (non-hydrogen) atoms. The fourth-order valence-corrected chi connectivity index (χ4v) is 3.75. The summed E-state index contributed by atoms with van der Waals surface area (Å²) in [6.45, 7) is 0.637. The number of hydrogen-bond acceptors (Lipinski definition) is 3. The first-order valence-corrected chi connectivity index (χ1v) is 7.52. The number of aromatic hydroxyl groups is 1. The van der Waals surface area contributed by atoms with Crippen LogP contribution in [0.2, 0.25) is 0 Å². The summed E-state index contributed by atoms with van der Waals surface area (Å²) >= 11 is 1.70. The average Bonchev–Trinajstić information content (AvgIpc) is 2.39. The SMILES string of the molecule is CSc1cccc(O)c1C1(CN)CCCCC1. The molecule has 94 valence electrons. The number of benzene rings is 1. The largest absolute Gasteiger partial charge is 0.508 e. The van der Waals surface area contributed by atoms with Gasteiger partial charge in [0, 0.05) is 22.4 Å². The van der Waals surface area contributed by atoms with Crippen LogP contribution >= 0.6 is 11.8 Å². The molecule has 0 saturated heterocycles. The maximum Gasteiger partial charge on any atom is 0.120 e. The zero-order valence-electron chi connectivity index (χ0n) is 10.4. The van der Waals surface area contributed by atoms with E-state index in [1.54, 1.807) is 17.8 Å². The summed E-state index contributed by atoms with van der Waals surface area (Å²) in [6, 6.07) is 5.80. The maximum atomic E-state index is 10.2. The third-order valence-electron chi connectivity index (χ3n) is 3.96. The van der Waals surface area contributed by atoms with E-state index in [9.17, 15) is 5.11 Å². The topological polar surface area (TPSA) is 46.2 Å². The second-order valence-electron chi connectivity index (χ2n) is 4.90. The molecule has 1 aliphatic rings. The maximum absolute atomic E-state index is 10.2. The molecule has 3 N–H and O–H groups in total. The van der Waals surface area contributed by atoms with Crippen LogP contribution in [-0.2, 0) is 5.41 Å². The zero-order chi connectivity index (χ0) is 12.3. The second-order valence-corrected chi connectivity index (χ2v) is 5.75. The lowest BCUT2D eigenvalue weighted by atomic mass is 9.69. The van der Waals surface area contributed by atoms with Gasteiger partial charge < -0.3 is 10.8 Å². The molecule has 2 nitrogen and oxygen atoms in total. The molecule has 0 bridgehead atoms. The molecule has 0 aromatic heterocycles. The monoisotopic (exact) mass is 251 g/mol. The normalized spacial score (nSPS) is 19.2. The van der Waals surface area contributed by atoms with Gasteiger partial charge in [-0.2, -0.15) is 0 Å². The van der Waals surface area contributed by atoms with Crippen molar-refractivity contribution in [3.63, 3.8) is 0 Å². The van der Waals surface area contributed by atoms with Crippen molar-refractivity contribution in [2.45, 2.75) is 42.4 Å². The van der Waals surface area contributed by atoms with Crippen LogP contribution in [0.15, 0.2) is 23.1 Å². The lowest BCUT2D eigenvalue weighted by Gasteiger charge is -2.38. The van der Waals surface area contributed by atoms with E-state index >= 15 is 0 Å². The number of phenolic OH excluding ortho intramolecular Hbond substituents is 1. The first-order chi connectivity index (χ1) is 8.23. The van der Waals surface area contributed by atoms with Crippen molar-refractivity contribution in [1.82, 2.24) is 0 Å². The van der Waals surface area contributed by atoms with Crippen LogP contribution in [0.25, 0.3) is 0 Å². The molecule has 1 aromatic carbocycles. The number of nitrogens with two attached hydrogens (primary N) is 1. The molecule has 0 aliphatic heterocycles. The molecule has 2 rings (SSSR count). The van der Waals surface area contributed by atoms with Gasteiger partial charge in [-0.25, -0.2) is 0 Å². The van der Waals surface area contributed by atoms with E-state index in [2.05, 4.69) is 12.3 Å². The number of phenols is 1. The average molecular weight is 251 g/mol. The zero-order valence-corrected chi connectivity index (χ0v) is 11.2. The summed E-state index contributed by atoms with van der Waals surface area (Å²) in [5.74, 6) is 0.421. The van der Waals surface area contributed by atoms with Crippen molar-refractivity contribution < 1.29 is 5.11 Å². The highest BCUT2D eigenvalue weighted by Gasteiger charge is 2.36. The summed E-state index contributed by atoms with van der Waals surface area (Å²) in [5, 5.41) is 10.2. The van der Waals surface area contributed by atoms with Crippen molar-refractivity contribution in [2.24, 2.45) is 5.73 Å². The lowest BCUT2D eigenvalue weighted by Crippen LogP contribution is -2.37. The van der Waals surface area contributed by atoms with Gasteiger partial charge in [-0.05, 0) is 31.2 Å². The summed E-state index contributed by atoms with van der Waals surface area (Å²) in [4.78, 5) is 1.18. The van der Waals surface area contributed by atoms with Crippen molar-refractivity contribution in [1.29, 1.82) is 0 Å². The lowest BCUT2D eigenvalue weighted by molar-refractivity contribution is 0.286. The van der Waals surface area contributed by atoms with Crippen molar-refractivity contribution in [3.8, 4) is 5.75 Å². The third-order valence-corrected chi connectivity index (χ3v) is 4.74. The summed E-state index contributed by atoms with van der Waals surface area (Å²) < 4.78 is 0. The van der Waals surface area contributed by atoms with Crippen LogP contribution in [0.4, 0.5) is 0 Å². The van der Waals surface area contributed by atoms with Gasteiger partial charge in [-0.1, -0.05) is 25.3 Å². The fourth-order valence-electron chi connectivity index (χ4n) is 3.01. The molecular formula is C14H21NOS. The van der Waals surface area contributed by atoms with Crippen molar-refractivity contribution >= 4 is 11.8 Å². The number of rotatable bonds is 3. The molecule has 0 heterocycles. The predicted octanol–water partition coefficient (Wildman–Crippen LogP) is 3.27. The Bertz CT molecular complexity index is 386. The molecule has 3 heteroatoms. The van der Waals surface area contributed by atoms with Crippen LogP contribution in [0.5, 0.6) is 5.75 Å². The summed E-state index contributed by atoms with van der Waals surface area (Å²) in [6.07, 6.45) is 8.01. The summed E-state index contributed by atoms with van der Waals surface area (Å²) in [5.41, 5.74) is 7.14. The van der Waals surface area contributed by atoms with Gasteiger partial charge in [-0.15, -0.1) is 11.8 Å². The van der Waals surface area contributed by atoms with Gasteiger partial charge in [0.05, 0.1) is 0 Å². The highest BCUT2D eigenvalue weighted by atomic mass is 32.2. The van der Waals surface area contributed by atoms with Gasteiger partial charge in [0.25, 0.3) is 0 Å². The van der Waals surface area contributed by atoms with Gasteiger partial charge in [0.15, 0.2) is 0 Å².